The van der Waals surface area contributed by atoms with Gasteiger partial charge in [-0.2, -0.15) is 0 Å². The molecule has 1 aromatic rings. The molecule has 0 fully saturated rings. The van der Waals surface area contributed by atoms with Crippen LogP contribution in [0.4, 0.5) is 0 Å². The van der Waals surface area contributed by atoms with Gasteiger partial charge in [-0.05, 0) is 24.1 Å². The fraction of sp³-hybridized carbons (Fsp3) is 0.696. The van der Waals surface area contributed by atoms with Gasteiger partial charge in [0.25, 0.3) is 0 Å². The van der Waals surface area contributed by atoms with E-state index in [1.807, 2.05) is 24.3 Å². The molecule has 0 amide bonds. The van der Waals surface area contributed by atoms with E-state index in [0.29, 0.717) is 12.2 Å². The van der Waals surface area contributed by atoms with Gasteiger partial charge in [0.2, 0.25) is 0 Å². The van der Waals surface area contributed by atoms with Crippen molar-refractivity contribution in [3.05, 3.63) is 29.8 Å². The molecule has 0 aliphatic rings. The highest BCUT2D eigenvalue weighted by molar-refractivity contribution is 9.08. The van der Waals surface area contributed by atoms with Crippen molar-refractivity contribution in [2.75, 3.05) is 0 Å². The van der Waals surface area contributed by atoms with Crippen molar-refractivity contribution in [3.63, 3.8) is 0 Å². The smallest absolute Gasteiger partial charge is 0.311 e. The van der Waals surface area contributed by atoms with Crippen LogP contribution in [0.5, 0.6) is 5.75 Å². The molecule has 0 N–H and O–H groups in total. The molecule has 0 aliphatic heterocycles. The van der Waals surface area contributed by atoms with E-state index < -0.39 is 0 Å². The fourth-order valence-corrected chi connectivity index (χ4v) is 3.49. The summed E-state index contributed by atoms with van der Waals surface area (Å²) in [5.41, 5.74) is 1.18. The van der Waals surface area contributed by atoms with Gasteiger partial charge in [0, 0.05) is 11.8 Å². The van der Waals surface area contributed by atoms with Gasteiger partial charge in [0.15, 0.2) is 0 Å². The molecule has 1 rings (SSSR count). The Morgan fingerprint density at radius 2 is 1.23 bits per heavy atom. The number of ether oxygens (including phenoxy) is 1. The highest BCUT2D eigenvalue weighted by Gasteiger charge is 2.04. The summed E-state index contributed by atoms with van der Waals surface area (Å²) in [4.78, 5) is 11.8. The Labute approximate surface area is 169 Å². The number of hydrogen-bond donors (Lipinski definition) is 0. The Morgan fingerprint density at radius 3 is 1.69 bits per heavy atom. The van der Waals surface area contributed by atoms with E-state index in [9.17, 15) is 4.79 Å². The van der Waals surface area contributed by atoms with Gasteiger partial charge in [0.1, 0.15) is 5.75 Å². The number of benzene rings is 1. The third-order valence-corrected chi connectivity index (χ3v) is 5.44. The molecule has 3 heteroatoms. The van der Waals surface area contributed by atoms with Crippen molar-refractivity contribution in [2.24, 2.45) is 0 Å². The van der Waals surface area contributed by atoms with Crippen LogP contribution in [0.3, 0.4) is 0 Å². The predicted octanol–water partition coefficient (Wildman–Crippen LogP) is 7.97. The number of unbranched alkanes of at least 4 members (excludes halogenated alkanes) is 12. The first kappa shape index (κ1) is 23.2. The van der Waals surface area contributed by atoms with Crippen molar-refractivity contribution >= 4 is 21.9 Å². The van der Waals surface area contributed by atoms with Crippen LogP contribution in [0.2, 0.25) is 0 Å². The number of halogens is 1. The Morgan fingerprint density at radius 1 is 0.769 bits per heavy atom. The maximum Gasteiger partial charge on any atom is 0.311 e. The van der Waals surface area contributed by atoms with Gasteiger partial charge in [-0.3, -0.25) is 4.79 Å². The van der Waals surface area contributed by atoms with Crippen molar-refractivity contribution in [1.29, 1.82) is 0 Å². The molecule has 0 saturated carbocycles. The topological polar surface area (TPSA) is 26.3 Å². The van der Waals surface area contributed by atoms with Crippen LogP contribution in [0.15, 0.2) is 24.3 Å². The van der Waals surface area contributed by atoms with Crippen LogP contribution in [0, 0.1) is 0 Å². The summed E-state index contributed by atoms with van der Waals surface area (Å²) < 4.78 is 5.37. The highest BCUT2D eigenvalue weighted by Crippen LogP contribution is 2.16. The number of esters is 1. The minimum Gasteiger partial charge on any atom is -0.427 e. The van der Waals surface area contributed by atoms with Crippen molar-refractivity contribution in [1.82, 2.24) is 0 Å². The molecule has 148 valence electrons. The Hall–Kier alpha value is -0.830. The summed E-state index contributed by atoms with van der Waals surface area (Å²) in [5.74, 6) is 0.536. The van der Waals surface area contributed by atoms with Crippen molar-refractivity contribution in [3.8, 4) is 5.75 Å². The maximum absolute atomic E-state index is 11.8. The first-order valence-electron chi connectivity index (χ1n) is 10.6. The number of carbonyl (C=O) groups is 1. The molecule has 26 heavy (non-hydrogen) atoms. The van der Waals surface area contributed by atoms with Gasteiger partial charge in [0.05, 0.1) is 0 Å². The maximum atomic E-state index is 11.8. The Balaban J connectivity index is 1.88. The van der Waals surface area contributed by atoms with Crippen LogP contribution < -0.4 is 4.74 Å². The van der Waals surface area contributed by atoms with E-state index in [0.717, 1.165) is 18.2 Å². The highest BCUT2D eigenvalue weighted by atomic mass is 79.9. The van der Waals surface area contributed by atoms with E-state index in [-0.39, 0.29) is 5.97 Å². The van der Waals surface area contributed by atoms with Gasteiger partial charge in [-0.25, -0.2) is 0 Å². The van der Waals surface area contributed by atoms with Crippen LogP contribution in [-0.2, 0) is 10.1 Å². The minimum atomic E-state index is -0.111. The normalized spacial score (nSPS) is 10.8. The molecular formula is C23H37BrO2. The molecule has 0 aromatic heterocycles. The zero-order chi connectivity index (χ0) is 18.9. The zero-order valence-electron chi connectivity index (χ0n) is 16.6. The molecule has 0 atom stereocenters. The fourth-order valence-electron chi connectivity index (χ4n) is 3.12. The summed E-state index contributed by atoms with van der Waals surface area (Å²) in [7, 11) is 0. The van der Waals surface area contributed by atoms with Crippen molar-refractivity contribution in [2.45, 2.75) is 102 Å². The quantitative estimate of drug-likeness (QED) is 0.116. The molecule has 1 aromatic carbocycles. The molecule has 0 spiro atoms. The lowest BCUT2D eigenvalue weighted by molar-refractivity contribution is -0.134. The van der Waals surface area contributed by atoms with E-state index >= 15 is 0 Å². The van der Waals surface area contributed by atoms with Crippen LogP contribution in [-0.4, -0.2) is 5.97 Å². The largest absolute Gasteiger partial charge is 0.427 e. The number of alkyl halides is 1. The molecule has 0 heterocycles. The van der Waals surface area contributed by atoms with Gasteiger partial charge in [-0.15, -0.1) is 0 Å². The monoisotopic (exact) mass is 424 g/mol. The van der Waals surface area contributed by atoms with Crippen LogP contribution >= 0.6 is 15.9 Å². The predicted molar refractivity (Wildman–Crippen MR) is 115 cm³/mol. The summed E-state index contributed by atoms with van der Waals surface area (Å²) in [6.45, 7) is 2.27. The third-order valence-electron chi connectivity index (χ3n) is 4.79. The number of hydrogen-bond acceptors (Lipinski definition) is 2. The first-order valence-corrected chi connectivity index (χ1v) is 11.7. The third kappa shape index (κ3) is 12.5. The summed E-state index contributed by atoms with van der Waals surface area (Å²) >= 11 is 3.41. The molecule has 0 saturated heterocycles. The lowest BCUT2D eigenvalue weighted by Gasteiger charge is -2.05. The zero-order valence-corrected chi connectivity index (χ0v) is 18.2. The second kappa shape index (κ2) is 16.4. The Bertz CT molecular complexity index is 456. The molecule has 2 nitrogen and oxygen atoms in total. The van der Waals surface area contributed by atoms with Gasteiger partial charge in [-0.1, -0.05) is 112 Å². The summed E-state index contributed by atoms with van der Waals surface area (Å²) in [6, 6.07) is 7.67. The average Bonchev–Trinajstić information content (AvgIpc) is 2.66. The van der Waals surface area contributed by atoms with Crippen LogP contribution in [0.25, 0.3) is 0 Å². The minimum absolute atomic E-state index is 0.111. The summed E-state index contributed by atoms with van der Waals surface area (Å²) in [6.07, 6.45) is 17.7. The molecule has 0 bridgehead atoms. The molecule has 0 aliphatic carbocycles. The van der Waals surface area contributed by atoms with Crippen LogP contribution in [0.1, 0.15) is 102 Å². The molecule has 0 unspecified atom stereocenters. The standard InChI is InChI=1S/C23H37BrO2/c1-2-3-4-5-6-7-8-9-10-11-12-13-14-15-23(25)26-22-18-16-21(20-24)17-19-22/h16-19H,2-15,20H2,1H3. The Kier molecular flexibility index (Phi) is 14.6. The van der Waals surface area contributed by atoms with E-state index in [1.165, 1.54) is 76.2 Å². The first-order chi connectivity index (χ1) is 12.8. The van der Waals surface area contributed by atoms with Gasteiger partial charge >= 0.3 is 5.97 Å². The average molecular weight is 425 g/mol. The summed E-state index contributed by atoms with van der Waals surface area (Å²) in [5, 5.41) is 0.820. The van der Waals surface area contributed by atoms with Crippen molar-refractivity contribution < 1.29 is 9.53 Å². The van der Waals surface area contributed by atoms with E-state index in [2.05, 4.69) is 22.9 Å². The second-order valence-corrected chi connectivity index (χ2v) is 7.81. The van der Waals surface area contributed by atoms with E-state index in [1.54, 1.807) is 0 Å². The molecule has 0 radical (unpaired) electrons. The lowest BCUT2D eigenvalue weighted by atomic mass is 10.0. The SMILES string of the molecule is CCCCCCCCCCCCCCCC(=O)Oc1ccc(CBr)cc1. The number of rotatable bonds is 16. The lowest BCUT2D eigenvalue weighted by Crippen LogP contribution is -2.07. The molecular weight excluding hydrogens is 388 g/mol. The van der Waals surface area contributed by atoms with Gasteiger partial charge < -0.3 is 4.74 Å². The second-order valence-electron chi connectivity index (χ2n) is 7.24. The van der Waals surface area contributed by atoms with E-state index in [4.69, 9.17) is 4.74 Å². The number of carbonyl (C=O) groups excluding carboxylic acids is 1.